The van der Waals surface area contributed by atoms with Gasteiger partial charge in [0.1, 0.15) is 5.69 Å². The SMILES string of the molecule is O=C(NC1CCCC1)c1cc([C@H]2CCCCN2Cc2ccccc2)[nH]n1. The van der Waals surface area contributed by atoms with Crippen LogP contribution in [-0.4, -0.2) is 33.6 Å². The van der Waals surface area contributed by atoms with Crippen molar-refractivity contribution in [3.8, 4) is 0 Å². The summed E-state index contributed by atoms with van der Waals surface area (Å²) in [5.41, 5.74) is 2.92. The molecule has 26 heavy (non-hydrogen) atoms. The number of nitrogens with one attached hydrogen (secondary N) is 2. The third-order valence-corrected chi connectivity index (χ3v) is 5.72. The third-order valence-electron chi connectivity index (χ3n) is 5.72. The summed E-state index contributed by atoms with van der Waals surface area (Å²) in [5, 5.41) is 10.6. The Morgan fingerprint density at radius 2 is 1.88 bits per heavy atom. The summed E-state index contributed by atoms with van der Waals surface area (Å²) in [7, 11) is 0. The first-order valence-electron chi connectivity index (χ1n) is 9.94. The predicted molar refractivity (Wildman–Crippen MR) is 102 cm³/mol. The van der Waals surface area contributed by atoms with Crippen molar-refractivity contribution in [2.75, 3.05) is 6.54 Å². The normalized spacial score (nSPS) is 21.8. The number of rotatable bonds is 5. The van der Waals surface area contributed by atoms with Gasteiger partial charge in [0, 0.05) is 12.6 Å². The molecule has 0 bridgehead atoms. The molecule has 2 N–H and O–H groups in total. The van der Waals surface area contributed by atoms with E-state index in [4.69, 9.17) is 0 Å². The van der Waals surface area contributed by atoms with Gasteiger partial charge in [-0.15, -0.1) is 0 Å². The highest BCUT2D eigenvalue weighted by Gasteiger charge is 2.27. The van der Waals surface area contributed by atoms with Crippen molar-refractivity contribution in [2.24, 2.45) is 0 Å². The molecule has 1 saturated heterocycles. The van der Waals surface area contributed by atoms with Crippen LogP contribution in [0.25, 0.3) is 0 Å². The smallest absolute Gasteiger partial charge is 0.271 e. The van der Waals surface area contributed by atoms with E-state index in [0.29, 0.717) is 17.8 Å². The highest BCUT2D eigenvalue weighted by Crippen LogP contribution is 2.31. The standard InChI is InChI=1S/C21H28N4O/c26-21(22-17-10-4-5-11-17)19-14-18(23-24-19)20-12-6-7-13-25(20)15-16-8-2-1-3-9-16/h1-3,8-9,14,17,20H,4-7,10-13,15H2,(H,22,26)(H,23,24)/t20-/m1/s1. The summed E-state index contributed by atoms with van der Waals surface area (Å²) in [6.07, 6.45) is 8.18. The average Bonchev–Trinajstić information content (AvgIpc) is 3.35. The molecule has 0 spiro atoms. The van der Waals surface area contributed by atoms with Crippen LogP contribution in [0.5, 0.6) is 0 Å². The number of aromatic nitrogens is 2. The molecule has 1 aromatic carbocycles. The molecule has 1 aliphatic carbocycles. The van der Waals surface area contributed by atoms with Gasteiger partial charge < -0.3 is 5.32 Å². The summed E-state index contributed by atoms with van der Waals surface area (Å²) in [5.74, 6) is -0.0372. The number of aromatic amines is 1. The molecule has 1 saturated carbocycles. The van der Waals surface area contributed by atoms with Gasteiger partial charge in [-0.1, -0.05) is 49.6 Å². The zero-order valence-corrected chi connectivity index (χ0v) is 15.3. The van der Waals surface area contributed by atoms with Crippen LogP contribution < -0.4 is 5.32 Å². The maximum absolute atomic E-state index is 12.5. The van der Waals surface area contributed by atoms with Crippen LogP contribution in [0.4, 0.5) is 0 Å². The number of amides is 1. The second kappa shape index (κ2) is 8.04. The van der Waals surface area contributed by atoms with Crippen molar-refractivity contribution in [3.63, 3.8) is 0 Å². The van der Waals surface area contributed by atoms with Crippen LogP contribution in [0.1, 0.15) is 72.7 Å². The molecule has 1 aliphatic heterocycles. The van der Waals surface area contributed by atoms with Crippen LogP contribution in [0.15, 0.2) is 36.4 Å². The molecule has 2 fully saturated rings. The molecule has 5 nitrogen and oxygen atoms in total. The molecule has 4 rings (SSSR count). The first-order chi connectivity index (χ1) is 12.8. The Balaban J connectivity index is 1.44. The Bertz CT molecular complexity index is 721. The van der Waals surface area contributed by atoms with Gasteiger partial charge in [0.15, 0.2) is 0 Å². The van der Waals surface area contributed by atoms with Crippen molar-refractivity contribution < 1.29 is 4.79 Å². The van der Waals surface area contributed by atoms with E-state index < -0.39 is 0 Å². The predicted octanol–water partition coefficient (Wildman–Crippen LogP) is 3.81. The Hall–Kier alpha value is -2.14. The largest absolute Gasteiger partial charge is 0.348 e. The minimum absolute atomic E-state index is 0.0372. The lowest BCUT2D eigenvalue weighted by molar-refractivity contribution is 0.0932. The molecular weight excluding hydrogens is 324 g/mol. The zero-order chi connectivity index (χ0) is 17.8. The second-order valence-corrected chi connectivity index (χ2v) is 7.63. The molecule has 1 aromatic heterocycles. The maximum Gasteiger partial charge on any atom is 0.271 e. The van der Waals surface area contributed by atoms with Gasteiger partial charge in [-0.3, -0.25) is 14.8 Å². The Morgan fingerprint density at radius 1 is 1.12 bits per heavy atom. The Morgan fingerprint density at radius 3 is 2.69 bits per heavy atom. The number of carbonyl (C=O) groups excluding carboxylic acids is 1. The van der Waals surface area contributed by atoms with E-state index in [0.717, 1.165) is 38.0 Å². The van der Waals surface area contributed by atoms with Gasteiger partial charge >= 0.3 is 0 Å². The van der Waals surface area contributed by atoms with Gasteiger partial charge in [0.05, 0.1) is 11.7 Å². The van der Waals surface area contributed by atoms with E-state index in [9.17, 15) is 4.79 Å². The fourth-order valence-electron chi connectivity index (χ4n) is 4.30. The molecule has 2 heterocycles. The number of benzene rings is 1. The average molecular weight is 352 g/mol. The van der Waals surface area contributed by atoms with Crippen LogP contribution in [0.2, 0.25) is 0 Å². The number of piperidine rings is 1. The number of likely N-dealkylation sites (tertiary alicyclic amines) is 1. The van der Waals surface area contributed by atoms with E-state index in [2.05, 4.69) is 50.7 Å². The molecule has 138 valence electrons. The molecule has 2 aliphatic rings. The highest BCUT2D eigenvalue weighted by molar-refractivity contribution is 5.92. The molecule has 1 amide bonds. The van der Waals surface area contributed by atoms with E-state index in [1.807, 2.05) is 6.07 Å². The quantitative estimate of drug-likeness (QED) is 0.860. The molecular formula is C21H28N4O. The van der Waals surface area contributed by atoms with E-state index in [-0.39, 0.29) is 5.91 Å². The minimum Gasteiger partial charge on any atom is -0.348 e. The van der Waals surface area contributed by atoms with Crippen LogP contribution in [-0.2, 0) is 6.54 Å². The third kappa shape index (κ3) is 3.98. The number of hydrogen-bond acceptors (Lipinski definition) is 3. The monoisotopic (exact) mass is 352 g/mol. The second-order valence-electron chi connectivity index (χ2n) is 7.63. The van der Waals surface area contributed by atoms with Crippen molar-refractivity contribution in [3.05, 3.63) is 53.3 Å². The Kier molecular flexibility index (Phi) is 5.34. The van der Waals surface area contributed by atoms with Gasteiger partial charge in [-0.25, -0.2) is 0 Å². The number of carbonyl (C=O) groups is 1. The molecule has 5 heteroatoms. The lowest BCUT2D eigenvalue weighted by Crippen LogP contribution is -2.33. The fourth-order valence-corrected chi connectivity index (χ4v) is 4.30. The lowest BCUT2D eigenvalue weighted by atomic mass is 9.98. The molecule has 0 unspecified atom stereocenters. The zero-order valence-electron chi connectivity index (χ0n) is 15.3. The van der Waals surface area contributed by atoms with Gasteiger partial charge in [0.2, 0.25) is 0 Å². The van der Waals surface area contributed by atoms with Crippen molar-refractivity contribution in [1.29, 1.82) is 0 Å². The minimum atomic E-state index is -0.0372. The molecule has 2 aromatic rings. The topological polar surface area (TPSA) is 61.0 Å². The summed E-state index contributed by atoms with van der Waals surface area (Å²) in [4.78, 5) is 15.0. The van der Waals surface area contributed by atoms with Crippen LogP contribution in [0, 0.1) is 0 Å². The number of hydrogen-bond donors (Lipinski definition) is 2. The van der Waals surface area contributed by atoms with E-state index >= 15 is 0 Å². The summed E-state index contributed by atoms with van der Waals surface area (Å²) < 4.78 is 0. The summed E-state index contributed by atoms with van der Waals surface area (Å²) >= 11 is 0. The first kappa shape index (κ1) is 17.3. The van der Waals surface area contributed by atoms with Crippen molar-refractivity contribution in [2.45, 2.75) is 63.6 Å². The summed E-state index contributed by atoms with van der Waals surface area (Å²) in [6, 6.07) is 13.2. The van der Waals surface area contributed by atoms with Crippen molar-refractivity contribution >= 4 is 5.91 Å². The van der Waals surface area contributed by atoms with E-state index in [1.165, 1.54) is 31.2 Å². The fraction of sp³-hybridized carbons (Fsp3) is 0.524. The maximum atomic E-state index is 12.5. The van der Waals surface area contributed by atoms with Gasteiger partial charge in [-0.05, 0) is 43.9 Å². The van der Waals surface area contributed by atoms with Crippen LogP contribution in [0.3, 0.4) is 0 Å². The van der Waals surface area contributed by atoms with E-state index in [1.54, 1.807) is 0 Å². The highest BCUT2D eigenvalue weighted by atomic mass is 16.2. The molecule has 1 atom stereocenters. The lowest BCUT2D eigenvalue weighted by Gasteiger charge is -2.35. The number of H-pyrrole nitrogens is 1. The van der Waals surface area contributed by atoms with Gasteiger partial charge in [0.25, 0.3) is 5.91 Å². The van der Waals surface area contributed by atoms with Crippen molar-refractivity contribution in [1.82, 2.24) is 20.4 Å². The summed E-state index contributed by atoms with van der Waals surface area (Å²) in [6.45, 7) is 2.02. The Labute approximate surface area is 155 Å². The van der Waals surface area contributed by atoms with Crippen LogP contribution >= 0.6 is 0 Å². The molecule has 0 radical (unpaired) electrons. The van der Waals surface area contributed by atoms with Gasteiger partial charge in [-0.2, -0.15) is 5.10 Å². The first-order valence-corrected chi connectivity index (χ1v) is 9.94. The number of nitrogens with zero attached hydrogens (tertiary/aromatic N) is 2.